The number of aromatic nitrogens is 4. The maximum absolute atomic E-state index is 4.66. The Morgan fingerprint density at radius 2 is 2.05 bits per heavy atom. The van der Waals surface area contributed by atoms with Crippen LogP contribution in [0.15, 0.2) is 42.6 Å². The van der Waals surface area contributed by atoms with Gasteiger partial charge >= 0.3 is 0 Å². The number of anilines is 1. The molecular weight excluding hydrogens is 274 g/mol. The molecule has 1 saturated heterocycles. The van der Waals surface area contributed by atoms with Gasteiger partial charge in [-0.1, -0.05) is 12.1 Å². The highest BCUT2D eigenvalue weighted by atomic mass is 15.3. The first kappa shape index (κ1) is 13.2. The van der Waals surface area contributed by atoms with Crippen molar-refractivity contribution >= 4 is 11.5 Å². The second kappa shape index (κ2) is 5.40. The minimum Gasteiger partial charge on any atom is -0.356 e. The second-order valence-electron chi connectivity index (χ2n) is 5.91. The first-order valence-corrected chi connectivity index (χ1v) is 7.79. The Morgan fingerprint density at radius 3 is 2.95 bits per heavy atom. The van der Waals surface area contributed by atoms with E-state index in [1.54, 1.807) is 0 Å². The molecule has 0 aliphatic carbocycles. The lowest BCUT2D eigenvalue weighted by atomic mass is 9.97. The molecule has 0 saturated carbocycles. The normalized spacial score (nSPS) is 18.8. The smallest absolute Gasteiger partial charge is 0.160 e. The fourth-order valence-corrected chi connectivity index (χ4v) is 3.24. The van der Waals surface area contributed by atoms with Crippen LogP contribution in [0.2, 0.25) is 0 Å². The molecule has 3 aromatic heterocycles. The van der Waals surface area contributed by atoms with Crippen molar-refractivity contribution in [1.82, 2.24) is 19.6 Å². The number of nitrogens with zero attached hydrogens (tertiary/aromatic N) is 5. The molecule has 22 heavy (non-hydrogen) atoms. The fraction of sp³-hybridized carbons (Fsp3) is 0.353. The van der Waals surface area contributed by atoms with Crippen LogP contribution >= 0.6 is 0 Å². The Labute approximate surface area is 129 Å². The zero-order valence-corrected chi connectivity index (χ0v) is 12.7. The highest BCUT2D eigenvalue weighted by Crippen LogP contribution is 2.28. The minimum atomic E-state index is 0.397. The number of rotatable bonds is 2. The maximum Gasteiger partial charge on any atom is 0.160 e. The van der Waals surface area contributed by atoms with Crippen molar-refractivity contribution in [2.75, 3.05) is 18.0 Å². The first-order valence-electron chi connectivity index (χ1n) is 7.79. The highest BCUT2D eigenvalue weighted by molar-refractivity contribution is 5.42. The molecule has 3 aromatic rings. The molecule has 4 heterocycles. The summed E-state index contributed by atoms with van der Waals surface area (Å²) in [5.41, 5.74) is 1.98. The van der Waals surface area contributed by atoms with E-state index in [2.05, 4.69) is 42.8 Å². The van der Waals surface area contributed by atoms with Gasteiger partial charge in [-0.2, -0.15) is 0 Å². The Morgan fingerprint density at radius 1 is 1.09 bits per heavy atom. The third-order valence-electron chi connectivity index (χ3n) is 4.32. The monoisotopic (exact) mass is 293 g/mol. The highest BCUT2D eigenvalue weighted by Gasteiger charge is 2.25. The topological polar surface area (TPSA) is 46.3 Å². The quantitative estimate of drug-likeness (QED) is 0.729. The summed E-state index contributed by atoms with van der Waals surface area (Å²) in [6.07, 6.45) is 4.36. The third kappa shape index (κ3) is 2.32. The van der Waals surface area contributed by atoms with Gasteiger partial charge in [0.2, 0.25) is 0 Å². The Balaban J connectivity index is 1.63. The number of piperidine rings is 1. The zero-order valence-electron chi connectivity index (χ0n) is 12.7. The number of hydrogen-bond donors (Lipinski definition) is 0. The van der Waals surface area contributed by atoms with Crippen LogP contribution in [0.4, 0.5) is 5.82 Å². The first-order chi connectivity index (χ1) is 10.8. The number of aryl methyl sites for hydroxylation is 1. The molecule has 5 heteroatoms. The molecule has 0 unspecified atom stereocenters. The molecule has 0 N–H and O–H groups in total. The summed E-state index contributed by atoms with van der Waals surface area (Å²) >= 11 is 0. The molecule has 1 aliphatic rings. The maximum atomic E-state index is 4.66. The molecular formula is C17H19N5. The van der Waals surface area contributed by atoms with Crippen LogP contribution in [-0.2, 0) is 0 Å². The van der Waals surface area contributed by atoms with Crippen molar-refractivity contribution in [2.24, 2.45) is 0 Å². The Bertz CT molecular complexity index is 794. The van der Waals surface area contributed by atoms with Crippen LogP contribution in [0.5, 0.6) is 0 Å². The van der Waals surface area contributed by atoms with Crippen molar-refractivity contribution in [3.05, 3.63) is 54.1 Å². The van der Waals surface area contributed by atoms with Crippen molar-refractivity contribution in [3.63, 3.8) is 0 Å². The number of pyridine rings is 2. The van der Waals surface area contributed by atoms with E-state index < -0.39 is 0 Å². The summed E-state index contributed by atoms with van der Waals surface area (Å²) < 4.78 is 2.11. The van der Waals surface area contributed by atoms with Gasteiger partial charge in [-0.3, -0.25) is 4.40 Å². The van der Waals surface area contributed by atoms with Gasteiger partial charge in [0.1, 0.15) is 11.6 Å². The van der Waals surface area contributed by atoms with E-state index >= 15 is 0 Å². The van der Waals surface area contributed by atoms with E-state index in [0.717, 1.165) is 48.9 Å². The van der Waals surface area contributed by atoms with Crippen LogP contribution in [0.25, 0.3) is 5.65 Å². The largest absolute Gasteiger partial charge is 0.356 e. The lowest BCUT2D eigenvalue weighted by Crippen LogP contribution is -2.35. The van der Waals surface area contributed by atoms with E-state index in [1.807, 2.05) is 31.2 Å². The van der Waals surface area contributed by atoms with E-state index in [9.17, 15) is 0 Å². The van der Waals surface area contributed by atoms with E-state index in [-0.39, 0.29) is 0 Å². The predicted octanol–water partition coefficient (Wildman–Crippen LogP) is 2.82. The van der Waals surface area contributed by atoms with Crippen molar-refractivity contribution in [3.8, 4) is 0 Å². The summed E-state index contributed by atoms with van der Waals surface area (Å²) in [5.74, 6) is 2.53. The molecule has 0 bridgehead atoms. The average Bonchev–Trinajstić information content (AvgIpc) is 2.99. The van der Waals surface area contributed by atoms with Crippen molar-refractivity contribution in [2.45, 2.75) is 25.7 Å². The van der Waals surface area contributed by atoms with Gasteiger partial charge in [-0.15, -0.1) is 10.2 Å². The molecule has 112 valence electrons. The summed E-state index contributed by atoms with van der Waals surface area (Å²) in [6.45, 7) is 4.05. The third-order valence-corrected chi connectivity index (χ3v) is 4.32. The standard InChI is InChI=1S/C17H19N5/c1-13-6-4-9-15(18-13)21-10-5-7-14(12-21)17-20-19-16-8-2-3-11-22(16)17/h2-4,6,8-9,11,14H,5,7,10,12H2,1H3/t14-/m0/s1. The van der Waals surface area contributed by atoms with Gasteiger partial charge in [0.05, 0.1) is 0 Å². The molecule has 0 amide bonds. The lowest BCUT2D eigenvalue weighted by molar-refractivity contribution is 0.485. The molecule has 4 rings (SSSR count). The average molecular weight is 293 g/mol. The summed E-state index contributed by atoms with van der Waals surface area (Å²) in [5, 5.41) is 8.72. The van der Waals surface area contributed by atoms with Gasteiger partial charge < -0.3 is 4.90 Å². The summed E-state index contributed by atoms with van der Waals surface area (Å²) in [4.78, 5) is 7.02. The van der Waals surface area contributed by atoms with Gasteiger partial charge in [0.15, 0.2) is 5.65 Å². The van der Waals surface area contributed by atoms with Crippen LogP contribution in [0.3, 0.4) is 0 Å². The molecule has 1 aliphatic heterocycles. The molecule has 5 nitrogen and oxygen atoms in total. The molecule has 0 aromatic carbocycles. The SMILES string of the molecule is Cc1cccc(N2CCC[C@H](c3nnc4ccccn34)C2)n1. The zero-order chi connectivity index (χ0) is 14.9. The second-order valence-corrected chi connectivity index (χ2v) is 5.91. The van der Waals surface area contributed by atoms with E-state index in [1.165, 1.54) is 0 Å². The van der Waals surface area contributed by atoms with Crippen molar-refractivity contribution < 1.29 is 0 Å². The van der Waals surface area contributed by atoms with Crippen molar-refractivity contribution in [1.29, 1.82) is 0 Å². The Kier molecular flexibility index (Phi) is 3.25. The van der Waals surface area contributed by atoms with Crippen LogP contribution in [-0.4, -0.2) is 32.7 Å². The number of hydrogen-bond acceptors (Lipinski definition) is 4. The molecule has 0 radical (unpaired) electrons. The van der Waals surface area contributed by atoms with Crippen LogP contribution < -0.4 is 4.90 Å². The van der Waals surface area contributed by atoms with Gasteiger partial charge in [0, 0.05) is 30.9 Å². The van der Waals surface area contributed by atoms with Gasteiger partial charge in [-0.05, 0) is 44.0 Å². The summed E-state index contributed by atoms with van der Waals surface area (Å²) in [7, 11) is 0. The molecule has 1 fully saturated rings. The number of fused-ring (bicyclic) bond motifs is 1. The van der Waals surface area contributed by atoms with Crippen LogP contribution in [0.1, 0.15) is 30.3 Å². The lowest BCUT2D eigenvalue weighted by Gasteiger charge is -2.32. The fourth-order valence-electron chi connectivity index (χ4n) is 3.24. The predicted molar refractivity (Wildman–Crippen MR) is 86.1 cm³/mol. The van der Waals surface area contributed by atoms with E-state index in [4.69, 9.17) is 0 Å². The van der Waals surface area contributed by atoms with Gasteiger partial charge in [0.25, 0.3) is 0 Å². The summed E-state index contributed by atoms with van der Waals surface area (Å²) in [6, 6.07) is 12.2. The van der Waals surface area contributed by atoms with E-state index in [0.29, 0.717) is 5.92 Å². The molecule has 0 spiro atoms. The minimum absolute atomic E-state index is 0.397. The van der Waals surface area contributed by atoms with Crippen LogP contribution in [0, 0.1) is 6.92 Å². The molecule has 1 atom stereocenters. The Hall–Kier alpha value is -2.43. The van der Waals surface area contributed by atoms with Gasteiger partial charge in [-0.25, -0.2) is 4.98 Å².